The fraction of sp³-hybridized carbons (Fsp3) is 1.00. The number of ether oxygens (including phenoxy) is 1. The maximum Gasteiger partial charge on any atom is 0.0897 e. The van der Waals surface area contributed by atoms with E-state index in [1.807, 2.05) is 7.05 Å². The van der Waals surface area contributed by atoms with Crippen molar-refractivity contribution in [2.75, 3.05) is 20.2 Å². The van der Waals surface area contributed by atoms with E-state index in [2.05, 4.69) is 19.2 Å². The van der Waals surface area contributed by atoms with Crippen LogP contribution in [0.25, 0.3) is 0 Å². The molecule has 0 amide bonds. The normalized spacial score (nSPS) is 24.0. The van der Waals surface area contributed by atoms with Gasteiger partial charge in [0.2, 0.25) is 0 Å². The van der Waals surface area contributed by atoms with Gasteiger partial charge in [0.1, 0.15) is 0 Å². The fourth-order valence-electron chi connectivity index (χ4n) is 2.08. The van der Waals surface area contributed by atoms with Crippen LogP contribution in [0.2, 0.25) is 0 Å². The fourth-order valence-corrected chi connectivity index (χ4v) is 2.08. The number of hydrogen-bond acceptors (Lipinski definition) is 3. The summed E-state index contributed by atoms with van der Waals surface area (Å²) in [5, 5.41) is 12.4. The van der Waals surface area contributed by atoms with Crippen LogP contribution < -0.4 is 5.32 Å². The van der Waals surface area contributed by atoms with Crippen molar-refractivity contribution in [3.63, 3.8) is 0 Å². The van der Waals surface area contributed by atoms with Gasteiger partial charge < -0.3 is 15.2 Å². The largest absolute Gasteiger partial charge is 0.389 e. The van der Waals surface area contributed by atoms with Crippen molar-refractivity contribution in [3.8, 4) is 0 Å². The first-order valence-corrected chi connectivity index (χ1v) is 5.98. The minimum Gasteiger partial charge on any atom is -0.389 e. The molecule has 0 aromatic rings. The van der Waals surface area contributed by atoms with Gasteiger partial charge in [-0.3, -0.25) is 0 Å². The Morgan fingerprint density at radius 2 is 2.00 bits per heavy atom. The smallest absolute Gasteiger partial charge is 0.0897 e. The van der Waals surface area contributed by atoms with Gasteiger partial charge in [0.25, 0.3) is 0 Å². The molecular weight excluding hydrogens is 190 g/mol. The second-order valence-electron chi connectivity index (χ2n) is 5.41. The average Bonchev–Trinajstić information content (AvgIpc) is 2.17. The minimum atomic E-state index is -0.370. The molecule has 3 nitrogen and oxygen atoms in total. The van der Waals surface area contributed by atoms with Crippen molar-refractivity contribution >= 4 is 0 Å². The van der Waals surface area contributed by atoms with Crippen LogP contribution in [0.4, 0.5) is 0 Å². The molecule has 1 unspecified atom stereocenters. The molecule has 1 saturated carbocycles. The number of aliphatic hydroxyl groups excluding tert-OH is 1. The van der Waals surface area contributed by atoms with Crippen LogP contribution in [0.3, 0.4) is 0 Å². The van der Waals surface area contributed by atoms with Crippen molar-refractivity contribution in [1.29, 1.82) is 0 Å². The van der Waals surface area contributed by atoms with Crippen molar-refractivity contribution in [2.24, 2.45) is 5.41 Å². The van der Waals surface area contributed by atoms with E-state index in [9.17, 15) is 5.11 Å². The van der Waals surface area contributed by atoms with Gasteiger partial charge in [0.15, 0.2) is 0 Å². The minimum absolute atomic E-state index is 0.365. The van der Waals surface area contributed by atoms with Gasteiger partial charge in [-0.15, -0.1) is 0 Å². The van der Waals surface area contributed by atoms with Gasteiger partial charge in [-0.25, -0.2) is 0 Å². The number of nitrogens with one attached hydrogen (secondary N) is 1. The first kappa shape index (κ1) is 12.9. The summed E-state index contributed by atoms with van der Waals surface area (Å²) in [5.74, 6) is 0. The van der Waals surface area contributed by atoms with Crippen LogP contribution >= 0.6 is 0 Å². The van der Waals surface area contributed by atoms with Gasteiger partial charge in [-0.05, 0) is 38.1 Å². The average molecular weight is 215 g/mol. The van der Waals surface area contributed by atoms with Gasteiger partial charge in [-0.1, -0.05) is 13.8 Å². The summed E-state index contributed by atoms with van der Waals surface area (Å²) in [6.07, 6.45) is 4.74. The Kier molecular flexibility index (Phi) is 5.03. The predicted molar refractivity (Wildman–Crippen MR) is 61.9 cm³/mol. The zero-order chi connectivity index (χ0) is 11.3. The van der Waals surface area contributed by atoms with Gasteiger partial charge in [0, 0.05) is 6.54 Å². The molecule has 3 heteroatoms. The SMILES string of the molecule is CNCC(O)COC1CCC(C)(C)CC1. The summed E-state index contributed by atoms with van der Waals surface area (Å²) in [6.45, 7) is 5.71. The molecule has 90 valence electrons. The summed E-state index contributed by atoms with van der Waals surface area (Å²) < 4.78 is 5.70. The molecule has 0 spiro atoms. The second-order valence-corrected chi connectivity index (χ2v) is 5.41. The van der Waals surface area contributed by atoms with Crippen molar-refractivity contribution in [3.05, 3.63) is 0 Å². The maximum absolute atomic E-state index is 9.49. The second kappa shape index (κ2) is 5.83. The standard InChI is InChI=1S/C12H25NO2/c1-12(2)6-4-11(5-7-12)15-9-10(14)8-13-3/h10-11,13-14H,4-9H2,1-3H3. The highest BCUT2D eigenvalue weighted by Gasteiger charge is 2.27. The monoisotopic (exact) mass is 215 g/mol. The van der Waals surface area contributed by atoms with Gasteiger partial charge >= 0.3 is 0 Å². The molecule has 0 radical (unpaired) electrons. The third-order valence-corrected chi connectivity index (χ3v) is 3.25. The van der Waals surface area contributed by atoms with E-state index >= 15 is 0 Å². The molecule has 1 atom stereocenters. The molecule has 1 aliphatic rings. The zero-order valence-corrected chi connectivity index (χ0v) is 10.3. The van der Waals surface area contributed by atoms with E-state index in [1.165, 1.54) is 12.8 Å². The van der Waals surface area contributed by atoms with Crippen LogP contribution in [0.5, 0.6) is 0 Å². The van der Waals surface area contributed by atoms with Crippen LogP contribution in [0.15, 0.2) is 0 Å². The quantitative estimate of drug-likeness (QED) is 0.731. The summed E-state index contributed by atoms with van der Waals surface area (Å²) in [6, 6.07) is 0. The van der Waals surface area contributed by atoms with Crippen LogP contribution in [0.1, 0.15) is 39.5 Å². The maximum atomic E-state index is 9.49. The molecule has 15 heavy (non-hydrogen) atoms. The Morgan fingerprint density at radius 3 is 2.53 bits per heavy atom. The molecule has 2 N–H and O–H groups in total. The number of hydrogen-bond donors (Lipinski definition) is 2. The lowest BCUT2D eigenvalue weighted by Crippen LogP contribution is -2.32. The lowest BCUT2D eigenvalue weighted by Gasteiger charge is -2.34. The van der Waals surface area contributed by atoms with Crippen LogP contribution in [-0.4, -0.2) is 37.5 Å². The Bertz CT molecular complexity index is 172. The predicted octanol–water partition coefficient (Wildman–Crippen LogP) is 1.55. The number of rotatable bonds is 5. The van der Waals surface area contributed by atoms with E-state index in [0.717, 1.165) is 12.8 Å². The molecule has 1 fully saturated rings. The molecule has 0 aliphatic heterocycles. The topological polar surface area (TPSA) is 41.5 Å². The van der Waals surface area contributed by atoms with E-state index in [0.29, 0.717) is 24.7 Å². The zero-order valence-electron chi connectivity index (χ0n) is 10.3. The molecule has 0 bridgehead atoms. The van der Waals surface area contributed by atoms with Crippen LogP contribution in [0, 0.1) is 5.41 Å². The van der Waals surface area contributed by atoms with E-state index in [-0.39, 0.29) is 6.10 Å². The molecule has 1 rings (SSSR count). The number of likely N-dealkylation sites (N-methyl/N-ethyl adjacent to an activating group) is 1. The molecule has 0 saturated heterocycles. The highest BCUT2D eigenvalue weighted by molar-refractivity contribution is 4.79. The third-order valence-electron chi connectivity index (χ3n) is 3.25. The van der Waals surface area contributed by atoms with Crippen molar-refractivity contribution in [1.82, 2.24) is 5.32 Å². The van der Waals surface area contributed by atoms with Crippen LogP contribution in [-0.2, 0) is 4.74 Å². The van der Waals surface area contributed by atoms with Gasteiger partial charge in [-0.2, -0.15) is 0 Å². The summed E-state index contributed by atoms with van der Waals surface area (Å²) in [7, 11) is 1.84. The highest BCUT2D eigenvalue weighted by Crippen LogP contribution is 2.36. The Labute approximate surface area is 93.2 Å². The summed E-state index contributed by atoms with van der Waals surface area (Å²) in [5.41, 5.74) is 0.490. The summed E-state index contributed by atoms with van der Waals surface area (Å²) in [4.78, 5) is 0. The molecule has 1 aliphatic carbocycles. The Balaban J connectivity index is 2.13. The van der Waals surface area contributed by atoms with Crippen molar-refractivity contribution in [2.45, 2.75) is 51.7 Å². The molecule has 0 aromatic heterocycles. The lowest BCUT2D eigenvalue weighted by molar-refractivity contribution is -0.0360. The highest BCUT2D eigenvalue weighted by atomic mass is 16.5. The molecule has 0 heterocycles. The van der Waals surface area contributed by atoms with Gasteiger partial charge in [0.05, 0.1) is 18.8 Å². The Morgan fingerprint density at radius 1 is 1.40 bits per heavy atom. The number of aliphatic hydroxyl groups is 1. The molecular formula is C12H25NO2. The first-order chi connectivity index (χ1) is 7.03. The Hall–Kier alpha value is -0.120. The van der Waals surface area contributed by atoms with E-state index in [1.54, 1.807) is 0 Å². The first-order valence-electron chi connectivity index (χ1n) is 5.98. The lowest BCUT2D eigenvalue weighted by atomic mass is 9.76. The summed E-state index contributed by atoms with van der Waals surface area (Å²) >= 11 is 0. The van der Waals surface area contributed by atoms with E-state index in [4.69, 9.17) is 4.74 Å². The molecule has 0 aromatic carbocycles. The van der Waals surface area contributed by atoms with E-state index < -0.39 is 0 Å². The third kappa shape index (κ3) is 4.96. The van der Waals surface area contributed by atoms with Crippen molar-refractivity contribution < 1.29 is 9.84 Å².